The highest BCUT2D eigenvalue weighted by molar-refractivity contribution is 6.70. The molecule has 0 aromatic carbocycles. The Hall–Kier alpha value is -1.84. The molecule has 2 rings (SSSR count). The van der Waals surface area contributed by atoms with Gasteiger partial charge in [0.2, 0.25) is 14.1 Å². The molecule has 178 valence electrons. The van der Waals surface area contributed by atoms with Crippen LogP contribution in [0, 0.1) is 11.8 Å². The van der Waals surface area contributed by atoms with Crippen LogP contribution in [-0.2, 0) is 28.3 Å². The Morgan fingerprint density at radius 1 is 1.00 bits per heavy atom. The van der Waals surface area contributed by atoms with Crippen LogP contribution >= 0.6 is 0 Å². The standard InChI is InChI=1S/C12H21FO3Si.C9H12F2O3/c1-5-15-12(14)9-6-7-11(10(13)8-9)16-17(2,3)4;1-2-14-8(13)6-3-4-7(12)9(10,11)5-6/h9H,5-8H2,1-4H3;6H,2-5H2,1H3. The molecule has 6 nitrogen and oxygen atoms in total. The molecule has 2 unspecified atom stereocenters. The lowest BCUT2D eigenvalue weighted by molar-refractivity contribution is -0.161. The number of alkyl halides is 2. The Kier molecular flexibility index (Phi) is 10.2. The lowest BCUT2D eigenvalue weighted by Crippen LogP contribution is -2.39. The van der Waals surface area contributed by atoms with E-state index in [9.17, 15) is 27.6 Å². The van der Waals surface area contributed by atoms with Gasteiger partial charge in [-0.1, -0.05) is 0 Å². The van der Waals surface area contributed by atoms with E-state index >= 15 is 0 Å². The zero-order chi connectivity index (χ0) is 23.8. The first kappa shape index (κ1) is 27.2. The summed E-state index contributed by atoms with van der Waals surface area (Å²) in [6.07, 6.45) is 0.471. The smallest absolute Gasteiger partial charge is 0.309 e. The first-order valence-electron chi connectivity index (χ1n) is 10.6. The van der Waals surface area contributed by atoms with Gasteiger partial charge in [-0.15, -0.1) is 0 Å². The van der Waals surface area contributed by atoms with E-state index in [-0.39, 0.29) is 43.6 Å². The molecule has 0 radical (unpaired) electrons. The maximum Gasteiger partial charge on any atom is 0.309 e. The highest BCUT2D eigenvalue weighted by atomic mass is 28.4. The number of ketones is 1. The summed E-state index contributed by atoms with van der Waals surface area (Å²) in [5, 5.41) is 0. The predicted molar refractivity (Wildman–Crippen MR) is 110 cm³/mol. The zero-order valence-electron chi connectivity index (χ0n) is 18.9. The minimum Gasteiger partial charge on any atom is -0.545 e. The van der Waals surface area contributed by atoms with Crippen LogP contribution in [0.15, 0.2) is 11.6 Å². The van der Waals surface area contributed by atoms with E-state index < -0.39 is 38.3 Å². The summed E-state index contributed by atoms with van der Waals surface area (Å²) in [5.41, 5.74) is 0. The third-order valence-electron chi connectivity index (χ3n) is 4.75. The van der Waals surface area contributed by atoms with Crippen LogP contribution in [0.5, 0.6) is 0 Å². The van der Waals surface area contributed by atoms with Crippen LogP contribution in [0.1, 0.15) is 52.4 Å². The van der Waals surface area contributed by atoms with Gasteiger partial charge in [-0.25, -0.2) is 4.39 Å². The summed E-state index contributed by atoms with van der Waals surface area (Å²) >= 11 is 0. The van der Waals surface area contributed by atoms with Crippen LogP contribution < -0.4 is 0 Å². The molecule has 0 N–H and O–H groups in total. The van der Waals surface area contributed by atoms with E-state index in [1.807, 2.05) is 19.6 Å². The molecule has 0 aromatic rings. The van der Waals surface area contributed by atoms with Gasteiger partial charge in [0.25, 0.3) is 0 Å². The largest absolute Gasteiger partial charge is 0.545 e. The third kappa shape index (κ3) is 9.04. The number of ether oxygens (including phenoxy) is 2. The molecule has 0 aromatic heterocycles. The Bertz CT molecular complexity index is 687. The molecular weight excluding hydrogens is 433 g/mol. The average molecular weight is 467 g/mol. The number of halogens is 3. The van der Waals surface area contributed by atoms with Crippen molar-refractivity contribution in [2.45, 2.75) is 77.9 Å². The van der Waals surface area contributed by atoms with Crippen molar-refractivity contribution in [3.63, 3.8) is 0 Å². The number of hydrogen-bond acceptors (Lipinski definition) is 6. The molecule has 0 amide bonds. The molecule has 2 aliphatic rings. The van der Waals surface area contributed by atoms with E-state index in [1.54, 1.807) is 13.8 Å². The number of hydrogen-bond donors (Lipinski definition) is 0. The Balaban J connectivity index is 0.000000316. The highest BCUT2D eigenvalue weighted by Gasteiger charge is 2.46. The highest BCUT2D eigenvalue weighted by Crippen LogP contribution is 2.35. The lowest BCUT2D eigenvalue weighted by atomic mass is 9.86. The Morgan fingerprint density at radius 3 is 1.97 bits per heavy atom. The number of allylic oxidation sites excluding steroid dienone is 2. The molecule has 0 heterocycles. The second-order valence-corrected chi connectivity index (χ2v) is 13.0. The van der Waals surface area contributed by atoms with Crippen molar-refractivity contribution < 1.29 is 41.5 Å². The molecule has 0 aliphatic heterocycles. The minimum absolute atomic E-state index is 0.124. The summed E-state index contributed by atoms with van der Waals surface area (Å²) in [7, 11) is -1.76. The summed E-state index contributed by atoms with van der Waals surface area (Å²) in [6, 6.07) is 0. The summed E-state index contributed by atoms with van der Waals surface area (Å²) < 4.78 is 54.8. The minimum atomic E-state index is -3.35. The molecule has 10 heteroatoms. The summed E-state index contributed by atoms with van der Waals surface area (Å²) in [4.78, 5) is 33.4. The molecule has 2 atom stereocenters. The normalized spacial score (nSPS) is 23.4. The summed E-state index contributed by atoms with van der Waals surface area (Å²) in [5.74, 6) is -6.35. The first-order chi connectivity index (χ1) is 14.3. The van der Waals surface area contributed by atoms with Gasteiger partial charge in [-0.2, -0.15) is 8.78 Å². The molecule has 0 saturated heterocycles. The second kappa shape index (κ2) is 11.7. The van der Waals surface area contributed by atoms with Crippen molar-refractivity contribution in [2.75, 3.05) is 13.2 Å². The fourth-order valence-electron chi connectivity index (χ4n) is 3.29. The van der Waals surface area contributed by atoms with Gasteiger partial charge in [0.05, 0.1) is 25.0 Å². The molecule has 31 heavy (non-hydrogen) atoms. The van der Waals surface area contributed by atoms with Crippen molar-refractivity contribution in [3.05, 3.63) is 11.6 Å². The van der Waals surface area contributed by atoms with Crippen molar-refractivity contribution in [2.24, 2.45) is 11.8 Å². The zero-order valence-corrected chi connectivity index (χ0v) is 19.9. The number of rotatable bonds is 6. The van der Waals surface area contributed by atoms with Gasteiger partial charge >= 0.3 is 17.9 Å². The van der Waals surface area contributed by atoms with Crippen LogP contribution in [0.2, 0.25) is 19.6 Å². The monoisotopic (exact) mass is 466 g/mol. The van der Waals surface area contributed by atoms with E-state index in [1.165, 1.54) is 0 Å². The molecule has 1 fully saturated rings. The third-order valence-corrected chi connectivity index (χ3v) is 5.61. The fourth-order valence-corrected chi connectivity index (χ4v) is 4.24. The molecule has 0 bridgehead atoms. The number of Topliss-reactive ketones (excluding diaryl/α,β-unsaturated/α-hetero) is 1. The van der Waals surface area contributed by atoms with Gasteiger partial charge in [0.15, 0.2) is 0 Å². The van der Waals surface area contributed by atoms with Crippen LogP contribution in [0.4, 0.5) is 13.2 Å². The number of esters is 2. The van der Waals surface area contributed by atoms with E-state index in [4.69, 9.17) is 9.16 Å². The fraction of sp³-hybridized carbons (Fsp3) is 0.762. The molecule has 0 spiro atoms. The van der Waals surface area contributed by atoms with Crippen LogP contribution in [-0.4, -0.2) is 45.2 Å². The maximum absolute atomic E-state index is 13.8. The SMILES string of the molecule is CCOC(=O)C1CCC(=O)C(F)(F)C1.CCOC(=O)C1CCC(O[Si](C)(C)C)=C(F)C1. The van der Waals surface area contributed by atoms with Crippen LogP contribution in [0.25, 0.3) is 0 Å². The van der Waals surface area contributed by atoms with E-state index in [2.05, 4.69) is 4.74 Å². The molecular formula is C21H33F3O6Si. The van der Waals surface area contributed by atoms with Gasteiger partial charge < -0.3 is 13.9 Å². The quantitative estimate of drug-likeness (QED) is 0.408. The first-order valence-corrected chi connectivity index (χ1v) is 14.0. The summed E-state index contributed by atoms with van der Waals surface area (Å²) in [6.45, 7) is 9.95. The maximum atomic E-state index is 13.8. The van der Waals surface area contributed by atoms with Crippen molar-refractivity contribution >= 4 is 26.0 Å². The molecule has 2 aliphatic carbocycles. The van der Waals surface area contributed by atoms with E-state index in [0.717, 1.165) is 0 Å². The Morgan fingerprint density at radius 2 is 1.52 bits per heavy atom. The van der Waals surface area contributed by atoms with Crippen molar-refractivity contribution in [1.29, 1.82) is 0 Å². The van der Waals surface area contributed by atoms with Gasteiger partial charge in [-0.05, 0) is 46.3 Å². The lowest BCUT2D eigenvalue weighted by Gasteiger charge is -2.27. The van der Waals surface area contributed by atoms with Gasteiger partial charge in [-0.3, -0.25) is 14.4 Å². The van der Waals surface area contributed by atoms with E-state index in [0.29, 0.717) is 25.2 Å². The molecule has 1 saturated carbocycles. The Labute approximate surface area is 182 Å². The predicted octanol–water partition coefficient (Wildman–Crippen LogP) is 4.94. The number of carbonyl (C=O) groups is 3. The topological polar surface area (TPSA) is 78.9 Å². The van der Waals surface area contributed by atoms with Gasteiger partial charge in [0, 0.05) is 25.7 Å². The average Bonchev–Trinajstić information content (AvgIpc) is 2.65. The van der Waals surface area contributed by atoms with Crippen molar-refractivity contribution in [3.8, 4) is 0 Å². The van der Waals surface area contributed by atoms with Gasteiger partial charge in [0.1, 0.15) is 11.6 Å². The van der Waals surface area contributed by atoms with Crippen molar-refractivity contribution in [1.82, 2.24) is 0 Å². The van der Waals surface area contributed by atoms with Crippen LogP contribution in [0.3, 0.4) is 0 Å². The second-order valence-electron chi connectivity index (χ2n) is 8.55. The number of carbonyl (C=O) groups excluding carboxylic acids is 3.